The molecule has 2 unspecified atom stereocenters. The van der Waals surface area contributed by atoms with Gasteiger partial charge in [0.05, 0.1) is 46.6 Å². The van der Waals surface area contributed by atoms with E-state index in [9.17, 15) is 22.0 Å². The minimum absolute atomic E-state index is 0.0297. The van der Waals surface area contributed by atoms with Crippen molar-refractivity contribution in [2.24, 2.45) is 0 Å². The van der Waals surface area contributed by atoms with Crippen molar-refractivity contribution in [3.63, 3.8) is 0 Å². The Morgan fingerprint density at radius 2 is 1.71 bits per heavy atom. The lowest BCUT2D eigenvalue weighted by Gasteiger charge is -2.28. The molecule has 11 heteroatoms. The minimum Gasteiger partial charge on any atom is -0.755 e. The van der Waals surface area contributed by atoms with Gasteiger partial charge >= 0.3 is 5.97 Å². The topological polar surface area (TPSA) is 142 Å². The maximum Gasteiger partial charge on any atom is 0.307 e. The maximum absolute atomic E-state index is 13.0. The van der Waals surface area contributed by atoms with Gasteiger partial charge in [0.1, 0.15) is 0 Å². The van der Waals surface area contributed by atoms with Crippen LogP contribution in [-0.2, 0) is 30.8 Å². The Kier molecular flexibility index (Phi) is 8.40. The van der Waals surface area contributed by atoms with E-state index < -0.39 is 33.3 Å². The largest absolute Gasteiger partial charge is 0.755 e. The van der Waals surface area contributed by atoms with E-state index in [0.717, 1.165) is 4.31 Å². The van der Waals surface area contributed by atoms with Gasteiger partial charge in [-0.1, -0.05) is 36.4 Å². The van der Waals surface area contributed by atoms with E-state index in [1.54, 1.807) is 61.5 Å². The molecule has 0 aliphatic heterocycles. The van der Waals surface area contributed by atoms with Crippen LogP contribution in [0.3, 0.4) is 0 Å². The Bertz CT molecular complexity index is 1270. The number of benzene rings is 3. The predicted octanol–water partition coefficient (Wildman–Crippen LogP) is 3.17. The van der Waals surface area contributed by atoms with E-state index >= 15 is 0 Å². The summed E-state index contributed by atoms with van der Waals surface area (Å²) in [7, 11) is -3.99. The molecular formula is C23H24N3O6S2-. The Hall–Kier alpha value is -3.25. The zero-order valence-electron chi connectivity index (χ0n) is 18.3. The van der Waals surface area contributed by atoms with E-state index in [0.29, 0.717) is 16.9 Å². The van der Waals surface area contributed by atoms with E-state index in [1.807, 2.05) is 0 Å². The van der Waals surface area contributed by atoms with E-state index in [1.165, 1.54) is 24.3 Å². The van der Waals surface area contributed by atoms with Gasteiger partial charge in [-0.3, -0.25) is 13.3 Å². The molecule has 0 radical (unpaired) electrons. The van der Waals surface area contributed by atoms with Gasteiger partial charge in [-0.05, 0) is 55.0 Å². The van der Waals surface area contributed by atoms with Crippen LogP contribution in [0, 0.1) is 0 Å². The number of nitrogens with two attached hydrogens (primary N) is 1. The van der Waals surface area contributed by atoms with Gasteiger partial charge in [0.2, 0.25) is 10.0 Å². The summed E-state index contributed by atoms with van der Waals surface area (Å²) >= 11 is -2.70. The molecule has 0 spiro atoms. The van der Waals surface area contributed by atoms with Crippen molar-refractivity contribution in [2.45, 2.75) is 24.3 Å². The molecule has 0 aromatic heterocycles. The van der Waals surface area contributed by atoms with Crippen molar-refractivity contribution in [2.75, 3.05) is 16.6 Å². The van der Waals surface area contributed by atoms with Crippen LogP contribution in [0.25, 0.3) is 0 Å². The standard InChI is InChI=1S/C23H25N3O6S2/c1-2-32-23(27)16-22(25-34(30,31)21-12-4-3-5-13-21)17-8-6-10-19(14-17)26(33(28)29)20-11-7-9-18(24)15-20/h3-15,22,25H,2,16,24H2,1H3,(H,28,29)/p-1. The first-order valence-electron chi connectivity index (χ1n) is 10.3. The van der Waals surface area contributed by atoms with Crippen LogP contribution in [0.5, 0.6) is 0 Å². The number of carbonyl (C=O) groups is 1. The van der Waals surface area contributed by atoms with Crippen LogP contribution in [0.15, 0.2) is 83.8 Å². The van der Waals surface area contributed by atoms with Crippen LogP contribution in [0.1, 0.15) is 24.9 Å². The average molecular weight is 503 g/mol. The molecule has 3 aromatic rings. The number of nitrogens with one attached hydrogen (secondary N) is 1. The molecular weight excluding hydrogens is 478 g/mol. The summed E-state index contributed by atoms with van der Waals surface area (Å²) in [5.41, 5.74) is 7.10. The van der Waals surface area contributed by atoms with Crippen molar-refractivity contribution < 1.29 is 26.7 Å². The minimum atomic E-state index is -3.99. The highest BCUT2D eigenvalue weighted by molar-refractivity contribution is 7.89. The number of sulfonamides is 1. The number of anilines is 3. The first-order valence-corrected chi connectivity index (χ1v) is 12.8. The molecule has 34 heavy (non-hydrogen) atoms. The summed E-state index contributed by atoms with van der Waals surface area (Å²) < 4.78 is 58.6. The average Bonchev–Trinajstić information content (AvgIpc) is 2.79. The normalized spacial score (nSPS) is 13.1. The predicted molar refractivity (Wildman–Crippen MR) is 129 cm³/mol. The zero-order chi connectivity index (χ0) is 24.7. The summed E-state index contributed by atoms with van der Waals surface area (Å²) in [6.07, 6.45) is -0.290. The van der Waals surface area contributed by atoms with Gasteiger partial charge in [0.15, 0.2) is 0 Å². The molecule has 3 aromatic carbocycles. The third-order valence-electron chi connectivity index (χ3n) is 4.79. The second kappa shape index (κ2) is 11.3. The van der Waals surface area contributed by atoms with Gasteiger partial charge in [-0.15, -0.1) is 0 Å². The first kappa shape index (κ1) is 25.4. The molecule has 0 saturated carbocycles. The van der Waals surface area contributed by atoms with Crippen molar-refractivity contribution in [3.05, 3.63) is 84.4 Å². The third-order valence-corrected chi connectivity index (χ3v) is 7.00. The fourth-order valence-electron chi connectivity index (χ4n) is 3.31. The second-order valence-corrected chi connectivity index (χ2v) is 9.71. The Morgan fingerprint density at radius 3 is 2.32 bits per heavy atom. The van der Waals surface area contributed by atoms with Gasteiger partial charge in [0.25, 0.3) is 0 Å². The van der Waals surface area contributed by atoms with Crippen molar-refractivity contribution in [1.29, 1.82) is 0 Å². The van der Waals surface area contributed by atoms with Crippen LogP contribution < -0.4 is 14.8 Å². The molecule has 0 heterocycles. The Morgan fingerprint density at radius 1 is 1.06 bits per heavy atom. The third kappa shape index (κ3) is 6.41. The fourth-order valence-corrected chi connectivity index (χ4v) is 5.13. The highest BCUT2D eigenvalue weighted by Crippen LogP contribution is 2.31. The van der Waals surface area contributed by atoms with E-state index in [2.05, 4.69) is 4.72 Å². The van der Waals surface area contributed by atoms with Crippen molar-refractivity contribution in [1.82, 2.24) is 4.72 Å². The molecule has 9 nitrogen and oxygen atoms in total. The molecule has 0 aliphatic rings. The van der Waals surface area contributed by atoms with Crippen molar-refractivity contribution in [3.8, 4) is 0 Å². The number of ether oxygens (including phenoxy) is 1. The second-order valence-electron chi connectivity index (χ2n) is 7.20. The molecule has 2 atom stereocenters. The number of nitrogens with zero attached hydrogens (tertiary/aromatic N) is 1. The lowest BCUT2D eigenvalue weighted by atomic mass is 10.0. The quantitative estimate of drug-likeness (QED) is 0.246. The van der Waals surface area contributed by atoms with Crippen LogP contribution in [-0.4, -0.2) is 29.8 Å². The van der Waals surface area contributed by atoms with Crippen LogP contribution >= 0.6 is 0 Å². The molecule has 180 valence electrons. The van der Waals surface area contributed by atoms with Crippen molar-refractivity contribution >= 4 is 44.3 Å². The lowest BCUT2D eigenvalue weighted by Crippen LogP contribution is -2.31. The molecule has 0 fully saturated rings. The monoisotopic (exact) mass is 502 g/mol. The summed E-state index contributed by atoms with van der Waals surface area (Å²) in [6.45, 7) is 1.78. The van der Waals surface area contributed by atoms with Crippen LogP contribution in [0.2, 0.25) is 0 Å². The van der Waals surface area contributed by atoms with E-state index in [4.69, 9.17) is 10.5 Å². The van der Waals surface area contributed by atoms with E-state index in [-0.39, 0.29) is 23.6 Å². The number of rotatable bonds is 10. The number of hydrogen-bond acceptors (Lipinski definition) is 7. The van der Waals surface area contributed by atoms with Gasteiger partial charge < -0.3 is 15.0 Å². The highest BCUT2D eigenvalue weighted by Gasteiger charge is 2.25. The number of nitrogen functional groups attached to an aromatic ring is 1. The molecule has 0 saturated heterocycles. The van der Waals surface area contributed by atoms with Crippen LogP contribution in [0.4, 0.5) is 17.1 Å². The molecule has 0 amide bonds. The highest BCUT2D eigenvalue weighted by atomic mass is 32.2. The summed E-state index contributed by atoms with van der Waals surface area (Å²) in [5.74, 6) is -0.603. The smallest absolute Gasteiger partial charge is 0.307 e. The fraction of sp³-hybridized carbons (Fsp3) is 0.174. The summed E-state index contributed by atoms with van der Waals surface area (Å²) in [4.78, 5) is 12.3. The number of hydrogen-bond donors (Lipinski definition) is 2. The first-order chi connectivity index (χ1) is 16.2. The molecule has 3 N–H and O–H groups in total. The summed E-state index contributed by atoms with van der Waals surface area (Å²) in [6, 6.07) is 19.3. The summed E-state index contributed by atoms with van der Waals surface area (Å²) in [5, 5.41) is 0. The molecule has 0 bridgehead atoms. The molecule has 3 rings (SSSR count). The Balaban J connectivity index is 2.01. The van der Waals surface area contributed by atoms with Gasteiger partial charge in [-0.25, -0.2) is 13.1 Å². The van der Waals surface area contributed by atoms with Gasteiger partial charge in [-0.2, -0.15) is 0 Å². The SMILES string of the molecule is CCOC(=O)CC(NS(=O)(=O)c1ccccc1)c1cccc(N(c2cccc(N)c2)S(=O)[O-])c1. The molecule has 0 aliphatic carbocycles. The lowest BCUT2D eigenvalue weighted by molar-refractivity contribution is -0.143. The number of carbonyl (C=O) groups excluding carboxylic acids is 1. The maximum atomic E-state index is 13.0. The Labute approximate surface area is 201 Å². The zero-order valence-corrected chi connectivity index (χ0v) is 19.9. The van der Waals surface area contributed by atoms with Gasteiger partial charge in [0, 0.05) is 5.69 Å². The number of esters is 1.